The van der Waals surface area contributed by atoms with Crippen LogP contribution in [0.3, 0.4) is 0 Å². The van der Waals surface area contributed by atoms with Crippen molar-refractivity contribution in [3.8, 4) is 0 Å². The number of carbonyl (C=O) groups excluding carboxylic acids is 4. The van der Waals surface area contributed by atoms with Crippen LogP contribution in [0.4, 0.5) is 5.69 Å². The van der Waals surface area contributed by atoms with Crippen LogP contribution in [0.1, 0.15) is 16.8 Å². The number of nitrogens with zero attached hydrogens (tertiary/aromatic N) is 1. The number of allylic oxidation sites excluding steroid dienone is 2. The van der Waals surface area contributed by atoms with Crippen molar-refractivity contribution in [2.75, 3.05) is 11.9 Å². The van der Waals surface area contributed by atoms with E-state index in [9.17, 15) is 24.3 Å². The van der Waals surface area contributed by atoms with Crippen LogP contribution < -0.4 is 10.4 Å². The molecule has 4 unspecified atom stereocenters. The van der Waals surface area contributed by atoms with Gasteiger partial charge in [-0.3, -0.25) is 19.3 Å². The van der Waals surface area contributed by atoms with Crippen molar-refractivity contribution in [2.24, 2.45) is 23.7 Å². The molecule has 7 nitrogen and oxygen atoms in total. The molecule has 25 heavy (non-hydrogen) atoms. The van der Waals surface area contributed by atoms with Crippen LogP contribution in [-0.2, 0) is 14.4 Å². The Morgan fingerprint density at radius 2 is 1.60 bits per heavy atom. The van der Waals surface area contributed by atoms with Crippen LogP contribution in [0.2, 0.25) is 0 Å². The minimum atomic E-state index is -1.30. The fraction of sp³-hybridized carbons (Fsp3) is 0.333. The third-order valence-electron chi connectivity index (χ3n) is 5.27. The van der Waals surface area contributed by atoms with Gasteiger partial charge in [-0.2, -0.15) is 0 Å². The fourth-order valence-electron chi connectivity index (χ4n) is 4.15. The van der Waals surface area contributed by atoms with Crippen molar-refractivity contribution in [1.29, 1.82) is 0 Å². The summed E-state index contributed by atoms with van der Waals surface area (Å²) in [5.74, 6) is -2.77. The van der Waals surface area contributed by atoms with Crippen LogP contribution >= 0.6 is 0 Å². The van der Waals surface area contributed by atoms with E-state index in [-0.39, 0.29) is 47.6 Å². The Hall–Kier alpha value is -2.96. The average Bonchev–Trinajstić information content (AvgIpc) is 3.25. The van der Waals surface area contributed by atoms with E-state index in [2.05, 4.69) is 5.32 Å². The molecule has 3 amide bonds. The SMILES string of the molecule is O=C(CN1C(=O)C2C3C=CC(C3)C2C1=O)Nc1ccc(C(=O)[O-])cc1. The molecule has 4 rings (SSSR count). The predicted molar refractivity (Wildman–Crippen MR) is 83.8 cm³/mol. The van der Waals surface area contributed by atoms with Gasteiger partial charge in [0.25, 0.3) is 0 Å². The van der Waals surface area contributed by atoms with E-state index in [4.69, 9.17) is 0 Å². The quantitative estimate of drug-likeness (QED) is 0.604. The first-order valence-corrected chi connectivity index (χ1v) is 8.10. The van der Waals surface area contributed by atoms with Crippen molar-refractivity contribution >= 4 is 29.4 Å². The number of fused-ring (bicyclic) bond motifs is 5. The zero-order valence-corrected chi connectivity index (χ0v) is 13.2. The number of aromatic carboxylic acids is 1. The Balaban J connectivity index is 1.42. The highest BCUT2D eigenvalue weighted by molar-refractivity contribution is 6.09. The van der Waals surface area contributed by atoms with Gasteiger partial charge in [-0.15, -0.1) is 0 Å². The summed E-state index contributed by atoms with van der Waals surface area (Å²) >= 11 is 0. The molecule has 0 spiro atoms. The highest BCUT2D eigenvalue weighted by Gasteiger charge is 2.59. The van der Waals surface area contributed by atoms with Crippen molar-refractivity contribution in [3.05, 3.63) is 42.0 Å². The summed E-state index contributed by atoms with van der Waals surface area (Å²) in [7, 11) is 0. The Kier molecular flexibility index (Phi) is 3.45. The normalized spacial score (nSPS) is 29.2. The molecule has 3 aliphatic rings. The van der Waals surface area contributed by atoms with Crippen LogP contribution in [0.5, 0.6) is 0 Å². The number of benzene rings is 1. The largest absolute Gasteiger partial charge is 0.545 e. The van der Waals surface area contributed by atoms with Gasteiger partial charge in [-0.1, -0.05) is 24.3 Å². The Morgan fingerprint density at radius 3 is 2.12 bits per heavy atom. The molecule has 4 atom stereocenters. The lowest BCUT2D eigenvalue weighted by Crippen LogP contribution is -2.39. The number of nitrogens with one attached hydrogen (secondary N) is 1. The van der Waals surface area contributed by atoms with Gasteiger partial charge in [0.1, 0.15) is 6.54 Å². The first-order valence-electron chi connectivity index (χ1n) is 8.10. The summed E-state index contributed by atoms with van der Waals surface area (Å²) in [5.41, 5.74) is 0.384. The van der Waals surface area contributed by atoms with Gasteiger partial charge in [0.15, 0.2) is 0 Å². The molecule has 1 N–H and O–H groups in total. The Labute approximate surface area is 143 Å². The maximum Gasteiger partial charge on any atom is 0.244 e. The highest BCUT2D eigenvalue weighted by atomic mass is 16.4. The molecule has 1 saturated heterocycles. The summed E-state index contributed by atoms with van der Waals surface area (Å²) in [5, 5.41) is 13.3. The molecule has 128 valence electrons. The second-order valence-electron chi connectivity index (χ2n) is 6.68. The number of likely N-dealkylation sites (tertiary alicyclic amines) is 1. The van der Waals surface area contributed by atoms with Crippen LogP contribution in [0.15, 0.2) is 36.4 Å². The molecule has 1 saturated carbocycles. The lowest BCUT2D eigenvalue weighted by Gasteiger charge is -2.17. The molecule has 1 heterocycles. The number of amides is 3. The fourth-order valence-corrected chi connectivity index (χ4v) is 4.15. The van der Waals surface area contributed by atoms with Gasteiger partial charge in [0.2, 0.25) is 17.7 Å². The monoisotopic (exact) mass is 339 g/mol. The second kappa shape index (κ2) is 5.54. The minimum Gasteiger partial charge on any atom is -0.545 e. The smallest absolute Gasteiger partial charge is 0.244 e. The Bertz CT molecular complexity index is 783. The first-order chi connectivity index (χ1) is 12.0. The zero-order chi connectivity index (χ0) is 17.7. The summed E-state index contributed by atoms with van der Waals surface area (Å²) in [6.07, 6.45) is 4.84. The number of carboxylic acid groups (broad SMARTS) is 1. The van der Waals surface area contributed by atoms with Gasteiger partial charge in [-0.05, 0) is 36.0 Å². The number of hydrogen-bond acceptors (Lipinski definition) is 5. The standard InChI is InChI=1S/C18H16N2O5/c21-13(19-12-5-3-9(4-6-12)18(24)25)8-20-16(22)14-10-1-2-11(7-10)15(14)17(20)23/h1-6,10-11,14-15H,7-8H2,(H,19,21)(H,24,25)/p-1. The lowest BCUT2D eigenvalue weighted by atomic mass is 9.85. The maximum atomic E-state index is 12.5. The van der Waals surface area contributed by atoms with Crippen molar-refractivity contribution in [1.82, 2.24) is 4.90 Å². The molecule has 1 aliphatic heterocycles. The van der Waals surface area contributed by atoms with Gasteiger partial charge in [0.05, 0.1) is 17.8 Å². The van der Waals surface area contributed by atoms with Crippen LogP contribution in [0, 0.1) is 23.7 Å². The van der Waals surface area contributed by atoms with Crippen LogP contribution in [0.25, 0.3) is 0 Å². The van der Waals surface area contributed by atoms with E-state index in [1.54, 1.807) is 0 Å². The molecular formula is C18H15N2O5-. The highest BCUT2D eigenvalue weighted by Crippen LogP contribution is 2.52. The van der Waals surface area contributed by atoms with E-state index in [1.807, 2.05) is 12.2 Å². The topological polar surface area (TPSA) is 107 Å². The third-order valence-corrected chi connectivity index (χ3v) is 5.27. The van der Waals surface area contributed by atoms with Crippen molar-refractivity contribution < 1.29 is 24.3 Å². The number of hydrogen-bond donors (Lipinski definition) is 1. The van der Waals surface area contributed by atoms with Crippen molar-refractivity contribution in [3.63, 3.8) is 0 Å². The number of anilines is 1. The summed E-state index contributed by atoms with van der Waals surface area (Å²) < 4.78 is 0. The summed E-state index contributed by atoms with van der Waals surface area (Å²) in [4.78, 5) is 49.0. The maximum absolute atomic E-state index is 12.5. The molecular weight excluding hydrogens is 324 g/mol. The molecule has 2 aliphatic carbocycles. The van der Waals surface area contributed by atoms with Gasteiger partial charge >= 0.3 is 0 Å². The second-order valence-corrected chi connectivity index (χ2v) is 6.68. The molecule has 1 aromatic carbocycles. The first kappa shape index (κ1) is 15.6. The van der Waals surface area contributed by atoms with Gasteiger partial charge in [-0.25, -0.2) is 0 Å². The number of rotatable bonds is 4. The van der Waals surface area contributed by atoms with Gasteiger partial charge < -0.3 is 15.2 Å². The zero-order valence-electron chi connectivity index (χ0n) is 13.2. The van der Waals surface area contributed by atoms with E-state index >= 15 is 0 Å². The van der Waals surface area contributed by atoms with E-state index < -0.39 is 11.9 Å². The molecule has 2 bridgehead atoms. The molecule has 2 fully saturated rings. The minimum absolute atomic E-state index is 0.00121. The molecule has 0 aromatic heterocycles. The molecule has 7 heteroatoms. The number of carboxylic acids is 1. The number of carbonyl (C=O) groups is 4. The third kappa shape index (κ3) is 2.43. The lowest BCUT2D eigenvalue weighted by molar-refractivity contribution is -0.255. The molecule has 1 aromatic rings. The van der Waals surface area contributed by atoms with E-state index in [0.29, 0.717) is 5.69 Å². The van der Waals surface area contributed by atoms with Crippen LogP contribution in [-0.4, -0.2) is 35.1 Å². The van der Waals surface area contributed by atoms with E-state index in [1.165, 1.54) is 24.3 Å². The summed E-state index contributed by atoms with van der Waals surface area (Å²) in [6.45, 7) is -0.327. The average molecular weight is 339 g/mol. The predicted octanol–water partition coefficient (Wildman–Crippen LogP) is -0.204. The summed E-state index contributed by atoms with van der Waals surface area (Å²) in [6, 6.07) is 5.47. The van der Waals surface area contributed by atoms with E-state index in [0.717, 1.165) is 11.3 Å². The molecule has 0 radical (unpaired) electrons. The Morgan fingerprint density at radius 1 is 1.04 bits per heavy atom. The van der Waals surface area contributed by atoms with Gasteiger partial charge in [0, 0.05) is 5.69 Å². The van der Waals surface area contributed by atoms with Crippen molar-refractivity contribution in [2.45, 2.75) is 6.42 Å². The number of imide groups is 1.